The molecule has 0 aliphatic heterocycles. The topological polar surface area (TPSA) is 109 Å². The number of aryl methyl sites for hydroxylation is 1. The first-order valence-electron chi connectivity index (χ1n) is 9.87. The van der Waals surface area contributed by atoms with Crippen molar-refractivity contribution < 1.29 is 4.39 Å². The van der Waals surface area contributed by atoms with Gasteiger partial charge in [0.05, 0.1) is 11.2 Å². The van der Waals surface area contributed by atoms with Gasteiger partial charge in [-0.1, -0.05) is 0 Å². The van der Waals surface area contributed by atoms with Crippen LogP contribution in [0, 0.1) is 12.7 Å². The van der Waals surface area contributed by atoms with Crippen molar-refractivity contribution in [2.75, 3.05) is 5.73 Å². The zero-order valence-corrected chi connectivity index (χ0v) is 17.7. The standard InChI is InChI=1S/C23H16FN7S/c1-11-2-3-18(32-11)15-4-5-27-22-20(15)28-23(29-22)21-16-7-12(8-17(24)19(16)30-31-21)13-6-14(25)10-26-9-13/h2-10H,25H2,1H3,(H,30,31)(H,27,28,29). The number of nitrogens with zero attached hydrogens (tertiary/aromatic N) is 4. The number of halogens is 1. The molecule has 0 amide bonds. The van der Waals surface area contributed by atoms with Crippen LogP contribution >= 0.6 is 11.3 Å². The molecule has 7 nitrogen and oxygen atoms in total. The van der Waals surface area contributed by atoms with E-state index in [9.17, 15) is 4.39 Å². The van der Waals surface area contributed by atoms with Crippen LogP contribution in [-0.2, 0) is 0 Å². The Labute approximate surface area is 185 Å². The average molecular weight is 441 g/mol. The van der Waals surface area contributed by atoms with Gasteiger partial charge in [0.1, 0.15) is 11.2 Å². The fourth-order valence-electron chi connectivity index (χ4n) is 3.85. The van der Waals surface area contributed by atoms with E-state index in [0.717, 1.165) is 21.5 Å². The second-order valence-corrected chi connectivity index (χ2v) is 8.80. The van der Waals surface area contributed by atoms with E-state index in [-0.39, 0.29) is 5.52 Å². The number of nitrogen functional groups attached to an aromatic ring is 1. The number of imidazole rings is 1. The maximum atomic E-state index is 14.9. The Balaban J connectivity index is 1.54. The highest BCUT2D eigenvalue weighted by atomic mass is 32.1. The van der Waals surface area contributed by atoms with Crippen molar-refractivity contribution in [3.05, 3.63) is 65.7 Å². The second kappa shape index (κ2) is 6.96. The summed E-state index contributed by atoms with van der Waals surface area (Å²) in [6, 6.07) is 11.2. The molecular formula is C23H16FN7S. The number of nitrogens with two attached hydrogens (primary N) is 1. The van der Waals surface area contributed by atoms with Crippen LogP contribution in [-0.4, -0.2) is 30.1 Å². The molecule has 0 unspecified atom stereocenters. The van der Waals surface area contributed by atoms with Crippen molar-refractivity contribution in [3.8, 4) is 33.1 Å². The van der Waals surface area contributed by atoms with Gasteiger partial charge >= 0.3 is 0 Å². The number of aromatic nitrogens is 6. The third kappa shape index (κ3) is 2.94. The van der Waals surface area contributed by atoms with Gasteiger partial charge in [-0.15, -0.1) is 11.3 Å². The molecular weight excluding hydrogens is 425 g/mol. The van der Waals surface area contributed by atoms with Crippen molar-refractivity contribution in [1.82, 2.24) is 30.1 Å². The van der Waals surface area contributed by atoms with Crippen LogP contribution in [0.2, 0.25) is 0 Å². The predicted octanol–water partition coefficient (Wildman–Crippen LogP) is 5.32. The molecule has 32 heavy (non-hydrogen) atoms. The van der Waals surface area contributed by atoms with Gasteiger partial charge in [-0.25, -0.2) is 14.4 Å². The van der Waals surface area contributed by atoms with Gasteiger partial charge in [0.25, 0.3) is 0 Å². The largest absolute Gasteiger partial charge is 0.397 e. The molecule has 0 radical (unpaired) electrons. The fourth-order valence-corrected chi connectivity index (χ4v) is 4.75. The van der Waals surface area contributed by atoms with Crippen molar-refractivity contribution >= 4 is 39.1 Å². The predicted molar refractivity (Wildman–Crippen MR) is 125 cm³/mol. The molecule has 0 aliphatic carbocycles. The number of hydrogen-bond donors (Lipinski definition) is 3. The molecule has 0 spiro atoms. The Morgan fingerprint density at radius 1 is 1.06 bits per heavy atom. The summed E-state index contributed by atoms with van der Waals surface area (Å²) in [6.07, 6.45) is 4.94. The van der Waals surface area contributed by atoms with Crippen LogP contribution in [0.5, 0.6) is 0 Å². The number of nitrogens with one attached hydrogen (secondary N) is 2. The lowest BCUT2D eigenvalue weighted by molar-refractivity contribution is 0.636. The summed E-state index contributed by atoms with van der Waals surface area (Å²) < 4.78 is 14.9. The Hall–Kier alpha value is -4.11. The van der Waals surface area contributed by atoms with E-state index in [1.54, 1.807) is 36.0 Å². The van der Waals surface area contributed by atoms with Crippen LogP contribution in [0.25, 0.3) is 55.2 Å². The highest BCUT2D eigenvalue weighted by molar-refractivity contribution is 7.15. The summed E-state index contributed by atoms with van der Waals surface area (Å²) in [6.45, 7) is 2.07. The Kier molecular flexibility index (Phi) is 4.05. The molecule has 6 rings (SSSR count). The molecule has 0 saturated heterocycles. The van der Waals surface area contributed by atoms with Gasteiger partial charge in [-0.2, -0.15) is 5.10 Å². The number of rotatable bonds is 3. The van der Waals surface area contributed by atoms with Crippen molar-refractivity contribution in [1.29, 1.82) is 0 Å². The summed E-state index contributed by atoms with van der Waals surface area (Å²) >= 11 is 1.71. The van der Waals surface area contributed by atoms with Crippen molar-refractivity contribution in [2.45, 2.75) is 6.92 Å². The average Bonchev–Trinajstić information content (AvgIpc) is 3.50. The van der Waals surface area contributed by atoms with E-state index in [1.807, 2.05) is 12.1 Å². The van der Waals surface area contributed by atoms with Gasteiger partial charge in [-0.05, 0) is 48.9 Å². The summed E-state index contributed by atoms with van der Waals surface area (Å²) in [5.74, 6) is 0.101. The molecule has 0 saturated carbocycles. The number of aromatic amines is 2. The lowest BCUT2D eigenvalue weighted by atomic mass is 10.0. The van der Waals surface area contributed by atoms with Gasteiger partial charge in [0.2, 0.25) is 0 Å². The van der Waals surface area contributed by atoms with Crippen LogP contribution in [0.4, 0.5) is 10.1 Å². The van der Waals surface area contributed by atoms with Gasteiger partial charge < -0.3 is 10.7 Å². The lowest BCUT2D eigenvalue weighted by Gasteiger charge is -2.04. The summed E-state index contributed by atoms with van der Waals surface area (Å²) in [4.78, 5) is 18.9. The number of anilines is 1. The molecule has 9 heteroatoms. The van der Waals surface area contributed by atoms with Crippen LogP contribution < -0.4 is 5.73 Å². The Morgan fingerprint density at radius 2 is 1.97 bits per heavy atom. The fraction of sp³-hybridized carbons (Fsp3) is 0.0435. The molecule has 1 aromatic carbocycles. The lowest BCUT2D eigenvalue weighted by Crippen LogP contribution is -1.89. The number of hydrogen-bond acceptors (Lipinski definition) is 6. The smallest absolute Gasteiger partial charge is 0.178 e. The second-order valence-electron chi connectivity index (χ2n) is 7.51. The number of H-pyrrole nitrogens is 2. The molecule has 0 fully saturated rings. The molecule has 6 aromatic rings. The van der Waals surface area contributed by atoms with Crippen molar-refractivity contribution in [3.63, 3.8) is 0 Å². The molecule has 0 aliphatic rings. The van der Waals surface area contributed by atoms with Crippen molar-refractivity contribution in [2.24, 2.45) is 0 Å². The molecule has 4 N–H and O–H groups in total. The number of benzene rings is 1. The zero-order chi connectivity index (χ0) is 21.8. The summed E-state index contributed by atoms with van der Waals surface area (Å²) in [5, 5.41) is 7.72. The van der Waals surface area contributed by atoms with E-state index in [1.165, 1.54) is 10.9 Å². The Bertz CT molecular complexity index is 1630. The van der Waals surface area contributed by atoms with Gasteiger partial charge in [-0.3, -0.25) is 10.1 Å². The zero-order valence-electron chi connectivity index (χ0n) is 16.8. The van der Waals surface area contributed by atoms with Crippen LogP contribution in [0.1, 0.15) is 4.88 Å². The van der Waals surface area contributed by atoms with Gasteiger partial charge in [0, 0.05) is 44.9 Å². The summed E-state index contributed by atoms with van der Waals surface area (Å²) in [5.41, 5.74) is 11.0. The number of thiophene rings is 1. The minimum Gasteiger partial charge on any atom is -0.397 e. The highest BCUT2D eigenvalue weighted by Gasteiger charge is 2.18. The Morgan fingerprint density at radius 3 is 2.78 bits per heavy atom. The quantitative estimate of drug-likeness (QED) is 0.344. The third-order valence-corrected chi connectivity index (χ3v) is 6.37. The molecule has 5 heterocycles. The van der Waals surface area contributed by atoms with E-state index in [2.05, 4.69) is 49.2 Å². The van der Waals surface area contributed by atoms with E-state index in [0.29, 0.717) is 33.8 Å². The molecule has 0 bridgehead atoms. The molecule has 0 atom stereocenters. The first kappa shape index (κ1) is 18.6. The number of pyridine rings is 2. The highest BCUT2D eigenvalue weighted by Crippen LogP contribution is 2.35. The maximum Gasteiger partial charge on any atom is 0.178 e. The monoisotopic (exact) mass is 441 g/mol. The first-order valence-corrected chi connectivity index (χ1v) is 10.7. The van der Waals surface area contributed by atoms with E-state index in [4.69, 9.17) is 5.73 Å². The SMILES string of the molecule is Cc1ccc(-c2ccnc3nc(-c4[nH]nc5c(F)cc(-c6cncc(N)c6)cc45)[nH]c23)s1. The summed E-state index contributed by atoms with van der Waals surface area (Å²) in [7, 11) is 0. The first-order chi connectivity index (χ1) is 15.6. The van der Waals surface area contributed by atoms with E-state index >= 15 is 0 Å². The third-order valence-electron chi connectivity index (χ3n) is 5.34. The molecule has 5 aromatic heterocycles. The minimum absolute atomic E-state index is 0.239. The number of fused-ring (bicyclic) bond motifs is 2. The van der Waals surface area contributed by atoms with Gasteiger partial charge in [0.15, 0.2) is 17.3 Å². The maximum absolute atomic E-state index is 14.9. The molecule has 156 valence electrons. The van der Waals surface area contributed by atoms with Crippen LogP contribution in [0.3, 0.4) is 0 Å². The minimum atomic E-state index is -0.439. The van der Waals surface area contributed by atoms with E-state index < -0.39 is 5.82 Å². The van der Waals surface area contributed by atoms with Crippen LogP contribution in [0.15, 0.2) is 55.0 Å². The normalized spacial score (nSPS) is 11.6.